The molecule has 7 heteroatoms. The molecule has 3 N–H and O–H groups in total. The van der Waals surface area contributed by atoms with Gasteiger partial charge in [0.2, 0.25) is 0 Å². The third kappa shape index (κ3) is 3.03. The fourth-order valence-electron chi connectivity index (χ4n) is 1.82. The first-order chi connectivity index (χ1) is 9.36. The second kappa shape index (κ2) is 5.42. The lowest BCUT2D eigenvalue weighted by molar-refractivity contribution is 0.0997. The van der Waals surface area contributed by atoms with Crippen molar-refractivity contribution < 1.29 is 13.6 Å². The quantitative estimate of drug-likeness (QED) is 0.894. The molecule has 2 aromatic rings. The van der Waals surface area contributed by atoms with Crippen molar-refractivity contribution in [2.45, 2.75) is 6.54 Å². The summed E-state index contributed by atoms with van der Waals surface area (Å²) in [6.07, 6.45) is 1.39. The molecule has 0 aliphatic heterocycles. The van der Waals surface area contributed by atoms with Crippen molar-refractivity contribution >= 4 is 17.5 Å². The number of hydrogen-bond acceptors (Lipinski definition) is 2. The van der Waals surface area contributed by atoms with Gasteiger partial charge in [0.15, 0.2) is 0 Å². The van der Waals surface area contributed by atoms with Gasteiger partial charge in [-0.25, -0.2) is 8.78 Å². The second-order valence-corrected chi connectivity index (χ2v) is 4.63. The van der Waals surface area contributed by atoms with Crippen molar-refractivity contribution in [1.29, 1.82) is 5.41 Å². The Hall–Kier alpha value is -2.21. The Morgan fingerprint density at radius 3 is 2.40 bits per heavy atom. The van der Waals surface area contributed by atoms with E-state index in [0.29, 0.717) is 5.56 Å². The number of pyridine rings is 1. The van der Waals surface area contributed by atoms with Gasteiger partial charge >= 0.3 is 0 Å². The molecule has 1 aromatic heterocycles. The summed E-state index contributed by atoms with van der Waals surface area (Å²) >= 11 is 5.83. The molecule has 0 radical (unpaired) electrons. The van der Waals surface area contributed by atoms with Crippen LogP contribution in [0.4, 0.5) is 8.78 Å². The molecule has 104 valence electrons. The summed E-state index contributed by atoms with van der Waals surface area (Å²) in [6.45, 7) is -0.00560. The molecule has 4 nitrogen and oxygen atoms in total. The van der Waals surface area contributed by atoms with E-state index in [0.717, 1.165) is 18.2 Å². The Morgan fingerprint density at radius 2 is 1.85 bits per heavy atom. The van der Waals surface area contributed by atoms with Gasteiger partial charge in [0, 0.05) is 18.8 Å². The van der Waals surface area contributed by atoms with E-state index in [1.165, 1.54) is 16.8 Å². The van der Waals surface area contributed by atoms with Crippen LogP contribution in [0, 0.1) is 17.0 Å². The zero-order chi connectivity index (χ0) is 14.9. The smallest absolute Gasteiger partial charge is 0.252 e. The Balaban J connectivity index is 2.48. The summed E-state index contributed by atoms with van der Waals surface area (Å²) in [5.74, 6) is -2.23. The van der Waals surface area contributed by atoms with Gasteiger partial charge in [-0.15, -0.1) is 0 Å². The lowest BCUT2D eigenvalue weighted by Crippen LogP contribution is -2.29. The zero-order valence-electron chi connectivity index (χ0n) is 10.2. The summed E-state index contributed by atoms with van der Waals surface area (Å²) in [5.41, 5.74) is 5.21. The molecular weight excluding hydrogens is 288 g/mol. The number of aromatic nitrogens is 1. The van der Waals surface area contributed by atoms with Gasteiger partial charge in [-0.1, -0.05) is 11.6 Å². The third-order valence-electron chi connectivity index (χ3n) is 2.64. The molecule has 0 atom stereocenters. The Kier molecular flexibility index (Phi) is 3.85. The van der Waals surface area contributed by atoms with E-state index in [1.54, 1.807) is 0 Å². The highest BCUT2D eigenvalue weighted by atomic mass is 35.5. The predicted octanol–water partition coefficient (Wildman–Crippen LogP) is 2.05. The van der Waals surface area contributed by atoms with Crippen LogP contribution in [0.5, 0.6) is 0 Å². The fourth-order valence-corrected chi connectivity index (χ4v) is 2.05. The van der Waals surface area contributed by atoms with E-state index < -0.39 is 17.5 Å². The lowest BCUT2D eigenvalue weighted by atomic mass is 10.2. The fraction of sp³-hybridized carbons (Fsp3) is 0.0769. The van der Waals surface area contributed by atoms with Gasteiger partial charge in [-0.3, -0.25) is 10.2 Å². The van der Waals surface area contributed by atoms with Gasteiger partial charge < -0.3 is 10.3 Å². The third-order valence-corrected chi connectivity index (χ3v) is 2.85. The molecule has 0 aliphatic rings. The van der Waals surface area contributed by atoms with Crippen molar-refractivity contribution in [3.05, 3.63) is 63.7 Å². The number of carbonyl (C=O) groups excluding carboxylic acids is 1. The number of rotatable bonds is 3. The molecular formula is C13H10ClF2N3O. The molecule has 0 unspecified atom stereocenters. The Bertz CT molecular complexity index is 723. The highest BCUT2D eigenvalue weighted by Crippen LogP contribution is 2.12. The normalized spacial score (nSPS) is 10.6. The monoisotopic (exact) mass is 297 g/mol. The Morgan fingerprint density at radius 1 is 1.25 bits per heavy atom. The summed E-state index contributed by atoms with van der Waals surface area (Å²) in [6, 6.07) is 4.30. The van der Waals surface area contributed by atoms with Crippen LogP contribution in [0.2, 0.25) is 5.02 Å². The van der Waals surface area contributed by atoms with Crippen LogP contribution in [-0.2, 0) is 6.54 Å². The van der Waals surface area contributed by atoms with Gasteiger partial charge in [0.25, 0.3) is 5.91 Å². The Labute approximate surface area is 117 Å². The maximum absolute atomic E-state index is 13.1. The highest BCUT2D eigenvalue weighted by Gasteiger charge is 2.09. The molecule has 0 spiro atoms. The van der Waals surface area contributed by atoms with E-state index in [2.05, 4.69) is 0 Å². The van der Waals surface area contributed by atoms with Crippen LogP contribution >= 0.6 is 11.6 Å². The topological polar surface area (TPSA) is 71.9 Å². The van der Waals surface area contributed by atoms with Gasteiger partial charge in [-0.05, 0) is 23.8 Å². The predicted molar refractivity (Wildman–Crippen MR) is 69.3 cm³/mol. The van der Waals surface area contributed by atoms with Crippen molar-refractivity contribution in [2.75, 3.05) is 0 Å². The molecule has 1 heterocycles. The summed E-state index contributed by atoms with van der Waals surface area (Å²) in [4.78, 5) is 11.2. The number of carbonyl (C=O) groups is 1. The van der Waals surface area contributed by atoms with Crippen LogP contribution < -0.4 is 11.2 Å². The van der Waals surface area contributed by atoms with Crippen molar-refractivity contribution in [3.63, 3.8) is 0 Å². The van der Waals surface area contributed by atoms with E-state index in [-0.39, 0.29) is 22.6 Å². The van der Waals surface area contributed by atoms with E-state index in [9.17, 15) is 13.6 Å². The number of amides is 1. The number of benzene rings is 1. The van der Waals surface area contributed by atoms with Gasteiger partial charge in [0.05, 0.1) is 10.6 Å². The van der Waals surface area contributed by atoms with E-state index >= 15 is 0 Å². The molecule has 0 saturated heterocycles. The standard InChI is InChI=1S/C13H10ClF2N3O/c14-8-3-11(13(18)20)12(17)19(6-8)5-7-1-9(15)4-10(16)2-7/h1-4,6,17H,5H2,(H2,18,20). The minimum Gasteiger partial charge on any atom is -0.365 e. The summed E-state index contributed by atoms with van der Waals surface area (Å²) in [7, 11) is 0. The molecule has 0 bridgehead atoms. The van der Waals surface area contributed by atoms with Crippen molar-refractivity contribution in [1.82, 2.24) is 4.57 Å². The van der Waals surface area contributed by atoms with Crippen LogP contribution in [0.15, 0.2) is 30.5 Å². The average molecular weight is 298 g/mol. The average Bonchev–Trinajstić information content (AvgIpc) is 2.31. The minimum absolute atomic E-state index is 0.00560. The maximum atomic E-state index is 13.1. The van der Waals surface area contributed by atoms with E-state index in [4.69, 9.17) is 22.7 Å². The summed E-state index contributed by atoms with van der Waals surface area (Å²) in [5, 5.41) is 8.05. The number of nitrogens with one attached hydrogen (secondary N) is 1. The molecule has 2 rings (SSSR count). The molecule has 1 aromatic carbocycles. The van der Waals surface area contributed by atoms with Crippen LogP contribution in [0.25, 0.3) is 0 Å². The maximum Gasteiger partial charge on any atom is 0.252 e. The van der Waals surface area contributed by atoms with Crippen LogP contribution in [0.3, 0.4) is 0 Å². The first-order valence-electron chi connectivity index (χ1n) is 5.56. The van der Waals surface area contributed by atoms with Gasteiger partial charge in [0.1, 0.15) is 17.1 Å². The van der Waals surface area contributed by atoms with Crippen LogP contribution in [0.1, 0.15) is 15.9 Å². The number of nitrogens with zero attached hydrogens (tertiary/aromatic N) is 1. The first-order valence-corrected chi connectivity index (χ1v) is 5.94. The number of halogens is 3. The van der Waals surface area contributed by atoms with Crippen molar-refractivity contribution in [2.24, 2.45) is 5.73 Å². The number of hydrogen-bond donors (Lipinski definition) is 2. The molecule has 1 amide bonds. The first kappa shape index (κ1) is 14.2. The SMILES string of the molecule is N=c1c(C(N)=O)cc(Cl)cn1Cc1cc(F)cc(F)c1. The van der Waals surface area contributed by atoms with Crippen LogP contribution in [-0.4, -0.2) is 10.5 Å². The molecule has 0 saturated carbocycles. The lowest BCUT2D eigenvalue weighted by Gasteiger charge is -2.10. The van der Waals surface area contributed by atoms with Crippen molar-refractivity contribution in [3.8, 4) is 0 Å². The second-order valence-electron chi connectivity index (χ2n) is 4.19. The van der Waals surface area contributed by atoms with E-state index in [1.807, 2.05) is 0 Å². The molecule has 0 aliphatic carbocycles. The summed E-state index contributed by atoms with van der Waals surface area (Å²) < 4.78 is 27.5. The number of nitrogens with two attached hydrogens (primary N) is 1. The molecule has 0 fully saturated rings. The minimum atomic E-state index is -0.795. The zero-order valence-corrected chi connectivity index (χ0v) is 10.9. The van der Waals surface area contributed by atoms with Gasteiger partial charge in [-0.2, -0.15) is 0 Å². The number of primary amides is 1. The molecule has 20 heavy (non-hydrogen) atoms. The largest absolute Gasteiger partial charge is 0.365 e. The highest BCUT2D eigenvalue weighted by molar-refractivity contribution is 6.30.